The van der Waals surface area contributed by atoms with Crippen molar-refractivity contribution in [2.75, 3.05) is 6.16 Å². The number of ketones is 1. The largest absolute Gasteiger partial charge is 0.338 e. The van der Waals surface area contributed by atoms with Gasteiger partial charge in [-0.05, 0) is 20.8 Å². The molecular formula is C8H15O4P. The molecule has 0 N–H and O–H groups in total. The molecule has 1 heterocycles. The van der Waals surface area contributed by atoms with Crippen molar-refractivity contribution in [3.8, 4) is 0 Å². The highest BCUT2D eigenvalue weighted by Gasteiger charge is 2.36. The summed E-state index contributed by atoms with van der Waals surface area (Å²) in [5.41, 5.74) is 0. The maximum Gasteiger partial charge on any atom is 0.338 e. The van der Waals surface area contributed by atoms with E-state index in [1.165, 1.54) is 6.92 Å². The molecule has 0 aromatic carbocycles. The van der Waals surface area contributed by atoms with Crippen molar-refractivity contribution >= 4 is 13.4 Å². The molecule has 1 saturated heterocycles. The van der Waals surface area contributed by atoms with Gasteiger partial charge in [0.15, 0.2) is 0 Å². The van der Waals surface area contributed by atoms with Gasteiger partial charge in [-0.3, -0.25) is 9.36 Å². The summed E-state index contributed by atoms with van der Waals surface area (Å²) in [6, 6.07) is 0. The third-order valence-corrected chi connectivity index (χ3v) is 3.96. The number of carbonyl (C=O) groups is 1. The molecule has 0 amide bonds. The van der Waals surface area contributed by atoms with Gasteiger partial charge in [0.1, 0.15) is 11.9 Å². The van der Waals surface area contributed by atoms with Crippen molar-refractivity contribution in [1.29, 1.82) is 0 Å². The van der Waals surface area contributed by atoms with Crippen LogP contribution in [0.3, 0.4) is 0 Å². The molecule has 0 aromatic rings. The van der Waals surface area contributed by atoms with Gasteiger partial charge in [-0.1, -0.05) is 0 Å². The quantitative estimate of drug-likeness (QED) is 0.648. The predicted molar refractivity (Wildman–Crippen MR) is 48.9 cm³/mol. The van der Waals surface area contributed by atoms with Crippen LogP contribution in [0, 0.1) is 0 Å². The van der Waals surface area contributed by atoms with E-state index in [1.807, 2.05) is 13.8 Å². The maximum absolute atomic E-state index is 11.8. The molecular weight excluding hydrogens is 191 g/mol. The zero-order valence-electron chi connectivity index (χ0n) is 8.15. The number of Topliss-reactive ketones (excluding diaryl/α,β-unsaturated/α-hetero) is 1. The Hall–Kier alpha value is -0.180. The van der Waals surface area contributed by atoms with Crippen molar-refractivity contribution < 1.29 is 18.4 Å². The Balaban J connectivity index is 2.67. The predicted octanol–water partition coefficient (Wildman–Crippen LogP) is 1.98. The molecule has 76 valence electrons. The van der Waals surface area contributed by atoms with Crippen molar-refractivity contribution in [1.82, 2.24) is 0 Å². The SMILES string of the molecule is CC(=O)CP1(=O)O[C@H](C)C[C@H](C)O1. The summed E-state index contributed by atoms with van der Waals surface area (Å²) < 4.78 is 22.1. The third-order valence-electron chi connectivity index (χ3n) is 1.76. The van der Waals surface area contributed by atoms with Crippen LogP contribution < -0.4 is 0 Å². The van der Waals surface area contributed by atoms with Crippen LogP contribution >= 0.6 is 7.60 Å². The smallest absolute Gasteiger partial charge is 0.305 e. The maximum atomic E-state index is 11.8. The van der Waals surface area contributed by atoms with E-state index in [1.54, 1.807) is 0 Å². The van der Waals surface area contributed by atoms with E-state index in [0.29, 0.717) is 0 Å². The van der Waals surface area contributed by atoms with Gasteiger partial charge in [0.2, 0.25) is 0 Å². The van der Waals surface area contributed by atoms with E-state index in [9.17, 15) is 9.36 Å². The summed E-state index contributed by atoms with van der Waals surface area (Å²) in [5, 5.41) is 0. The second-order valence-electron chi connectivity index (χ2n) is 3.54. The summed E-state index contributed by atoms with van der Waals surface area (Å²) in [4.78, 5) is 10.8. The van der Waals surface area contributed by atoms with Gasteiger partial charge in [-0.25, -0.2) is 0 Å². The minimum absolute atomic E-state index is 0.0890. The molecule has 0 spiro atoms. The topological polar surface area (TPSA) is 52.6 Å². The van der Waals surface area contributed by atoms with E-state index in [0.717, 1.165) is 6.42 Å². The first kappa shape index (κ1) is 10.9. The number of hydrogen-bond donors (Lipinski definition) is 0. The molecule has 0 saturated carbocycles. The van der Waals surface area contributed by atoms with Crippen LogP contribution in [0.4, 0.5) is 0 Å². The zero-order chi connectivity index (χ0) is 10.1. The van der Waals surface area contributed by atoms with E-state index in [2.05, 4.69) is 0 Å². The van der Waals surface area contributed by atoms with Gasteiger partial charge in [-0.2, -0.15) is 0 Å². The lowest BCUT2D eigenvalue weighted by atomic mass is 10.2. The van der Waals surface area contributed by atoms with Gasteiger partial charge in [0.05, 0.1) is 12.2 Å². The summed E-state index contributed by atoms with van der Waals surface area (Å²) in [6.07, 6.45) is 0.437. The lowest BCUT2D eigenvalue weighted by molar-refractivity contribution is -0.115. The average molecular weight is 206 g/mol. The zero-order valence-corrected chi connectivity index (χ0v) is 9.04. The molecule has 1 aliphatic rings. The van der Waals surface area contributed by atoms with Gasteiger partial charge in [-0.15, -0.1) is 0 Å². The van der Waals surface area contributed by atoms with Crippen molar-refractivity contribution in [2.24, 2.45) is 0 Å². The summed E-state index contributed by atoms with van der Waals surface area (Å²) in [7, 11) is -3.13. The Morgan fingerprint density at radius 1 is 1.38 bits per heavy atom. The lowest BCUT2D eigenvalue weighted by Gasteiger charge is -2.31. The fourth-order valence-corrected chi connectivity index (χ4v) is 3.49. The molecule has 5 heteroatoms. The Kier molecular flexibility index (Phi) is 3.28. The first-order valence-corrected chi connectivity index (χ1v) is 6.09. The van der Waals surface area contributed by atoms with Crippen LogP contribution in [0.5, 0.6) is 0 Å². The number of carbonyl (C=O) groups excluding carboxylic acids is 1. The molecule has 0 radical (unpaired) electrons. The highest BCUT2D eigenvalue weighted by molar-refractivity contribution is 7.55. The second-order valence-corrected chi connectivity index (χ2v) is 5.50. The number of rotatable bonds is 2. The molecule has 0 aromatic heterocycles. The normalized spacial score (nSPS) is 40.2. The Morgan fingerprint density at radius 2 is 1.85 bits per heavy atom. The fourth-order valence-electron chi connectivity index (χ4n) is 1.47. The van der Waals surface area contributed by atoms with Crippen LogP contribution in [-0.4, -0.2) is 24.2 Å². The average Bonchev–Trinajstić information content (AvgIpc) is 1.77. The molecule has 4 nitrogen and oxygen atoms in total. The Labute approximate surface area is 78.1 Å². The minimum atomic E-state index is -3.13. The molecule has 1 rings (SSSR count). The van der Waals surface area contributed by atoms with Crippen LogP contribution in [0.2, 0.25) is 0 Å². The molecule has 13 heavy (non-hydrogen) atoms. The highest BCUT2D eigenvalue weighted by Crippen LogP contribution is 2.54. The van der Waals surface area contributed by atoms with E-state index in [4.69, 9.17) is 9.05 Å². The fraction of sp³-hybridized carbons (Fsp3) is 0.875. The molecule has 1 fully saturated rings. The van der Waals surface area contributed by atoms with Gasteiger partial charge in [0, 0.05) is 6.42 Å². The first-order chi connectivity index (χ1) is 5.91. The Bertz CT molecular complexity index is 237. The summed E-state index contributed by atoms with van der Waals surface area (Å²) >= 11 is 0. The molecule has 1 unspecified atom stereocenters. The molecule has 1 aliphatic heterocycles. The summed E-state index contributed by atoms with van der Waals surface area (Å²) in [6.45, 7) is 5.06. The van der Waals surface area contributed by atoms with Crippen LogP contribution in [0.15, 0.2) is 0 Å². The highest BCUT2D eigenvalue weighted by atomic mass is 31.2. The lowest BCUT2D eigenvalue weighted by Crippen LogP contribution is -2.26. The van der Waals surface area contributed by atoms with Crippen molar-refractivity contribution in [3.63, 3.8) is 0 Å². The van der Waals surface area contributed by atoms with Crippen LogP contribution in [0.25, 0.3) is 0 Å². The number of hydrogen-bond acceptors (Lipinski definition) is 4. The van der Waals surface area contributed by atoms with Gasteiger partial charge in [0.25, 0.3) is 0 Å². The van der Waals surface area contributed by atoms with Gasteiger partial charge < -0.3 is 9.05 Å². The standard InChI is InChI=1S/C8H15O4P/c1-6(9)5-13(10)11-7(2)4-8(3)12-13/h7-8H,4-5H2,1-3H3/t7-,8+,13?. The van der Waals surface area contributed by atoms with Gasteiger partial charge >= 0.3 is 7.60 Å². The Morgan fingerprint density at radius 3 is 2.23 bits per heavy atom. The molecule has 3 atom stereocenters. The van der Waals surface area contributed by atoms with Crippen molar-refractivity contribution in [2.45, 2.75) is 39.4 Å². The minimum Gasteiger partial charge on any atom is -0.305 e. The van der Waals surface area contributed by atoms with Crippen LogP contribution in [0.1, 0.15) is 27.2 Å². The van der Waals surface area contributed by atoms with Crippen LogP contribution in [-0.2, 0) is 18.4 Å². The van der Waals surface area contributed by atoms with E-state index < -0.39 is 7.60 Å². The third kappa shape index (κ3) is 3.22. The van der Waals surface area contributed by atoms with E-state index >= 15 is 0 Å². The van der Waals surface area contributed by atoms with E-state index in [-0.39, 0.29) is 24.2 Å². The molecule has 0 bridgehead atoms. The second kappa shape index (κ2) is 3.91. The van der Waals surface area contributed by atoms with Crippen molar-refractivity contribution in [3.05, 3.63) is 0 Å². The monoisotopic (exact) mass is 206 g/mol. The molecule has 0 aliphatic carbocycles. The summed E-state index contributed by atoms with van der Waals surface area (Å²) in [5.74, 6) is -0.162. The first-order valence-electron chi connectivity index (χ1n) is 4.36.